The zero-order valence-electron chi connectivity index (χ0n) is 21.3. The van der Waals surface area contributed by atoms with E-state index in [1.807, 2.05) is 36.4 Å². The Balaban J connectivity index is 0.00000432. The molecule has 0 aromatic heterocycles. The fourth-order valence-corrected chi connectivity index (χ4v) is 4.78. The van der Waals surface area contributed by atoms with E-state index in [1.54, 1.807) is 0 Å². The van der Waals surface area contributed by atoms with E-state index in [4.69, 9.17) is 9.47 Å². The third-order valence-corrected chi connectivity index (χ3v) is 6.86. The molecule has 2 aromatic carbocycles. The molecule has 3 nitrogen and oxygen atoms in total. The van der Waals surface area contributed by atoms with Gasteiger partial charge in [0.1, 0.15) is 17.2 Å². The summed E-state index contributed by atoms with van der Waals surface area (Å²) in [6.07, 6.45) is 21.1. The summed E-state index contributed by atoms with van der Waals surface area (Å²) >= 11 is 0. The Hall–Kier alpha value is -1.29. The normalized spacial score (nSPS) is 11.7. The van der Waals surface area contributed by atoms with E-state index in [2.05, 4.69) is 13.0 Å². The van der Waals surface area contributed by atoms with Crippen LogP contribution in [0.4, 0.5) is 0 Å². The molecule has 0 fully saturated rings. The molecule has 1 aliphatic heterocycles. The van der Waals surface area contributed by atoms with Crippen LogP contribution < -0.4 is 9.47 Å². The van der Waals surface area contributed by atoms with Crippen LogP contribution in [0.5, 0.6) is 17.2 Å². The second-order valence-corrected chi connectivity index (χ2v) is 9.79. The Bertz CT molecular complexity index is 864. The van der Waals surface area contributed by atoms with Gasteiger partial charge in [-0.1, -0.05) is 121 Å². The van der Waals surface area contributed by atoms with Crippen LogP contribution in [0.2, 0.25) is 0 Å². The summed E-state index contributed by atoms with van der Waals surface area (Å²) in [6, 6.07) is 13.7. The van der Waals surface area contributed by atoms with E-state index in [-0.39, 0.29) is 35.5 Å². The van der Waals surface area contributed by atoms with Crippen molar-refractivity contribution in [3.63, 3.8) is 0 Å². The minimum atomic E-state index is -0.137. The molecule has 1 heterocycles. The molecule has 0 N–H and O–H groups in total. The molecule has 0 spiro atoms. The first-order chi connectivity index (χ1) is 16.8. The number of hydrogen-bond acceptors (Lipinski definition) is 3. The average molecular weight is 489 g/mol. The van der Waals surface area contributed by atoms with Gasteiger partial charge in [-0.2, -0.15) is 0 Å². The van der Waals surface area contributed by atoms with Gasteiger partial charge in [0.25, 0.3) is 0 Å². The third kappa shape index (κ3) is 11.1. The molecular weight excluding hydrogens is 443 g/mol. The number of unbranched alkanes of at least 4 members (excludes halogenated alkanes) is 14. The fourth-order valence-electron chi connectivity index (χ4n) is 4.78. The van der Waals surface area contributed by atoms with Gasteiger partial charge in [-0.15, -0.1) is 0 Å². The molecule has 0 saturated carbocycles. The van der Waals surface area contributed by atoms with Crippen molar-refractivity contribution in [3.05, 3.63) is 53.6 Å². The molecule has 4 heteroatoms. The van der Waals surface area contributed by atoms with Crippen molar-refractivity contribution in [2.24, 2.45) is 0 Å². The fraction of sp³-hybridized carbons (Fsp3) is 0.581. The molecular formula is C31H45NaO3. The minimum absolute atomic E-state index is 0. The van der Waals surface area contributed by atoms with Crippen LogP contribution in [0.15, 0.2) is 42.5 Å². The van der Waals surface area contributed by atoms with Gasteiger partial charge >= 0.3 is 35.5 Å². The molecule has 35 heavy (non-hydrogen) atoms. The van der Waals surface area contributed by atoms with Crippen molar-refractivity contribution in [1.82, 2.24) is 0 Å². The number of hydrogen-bond donors (Lipinski definition) is 0. The number of carbonyl (C=O) groups is 1. The Morgan fingerprint density at radius 1 is 0.714 bits per heavy atom. The molecule has 2 aromatic rings. The van der Waals surface area contributed by atoms with Crippen LogP contribution in [0.25, 0.3) is 0 Å². The van der Waals surface area contributed by atoms with E-state index < -0.39 is 0 Å². The monoisotopic (exact) mass is 488 g/mol. The van der Waals surface area contributed by atoms with Gasteiger partial charge in [0.2, 0.25) is 0 Å². The number of ether oxygens (including phenoxy) is 2. The number of fused-ring (bicyclic) bond motifs is 2. The quantitative estimate of drug-likeness (QED) is 0.0823. The van der Waals surface area contributed by atoms with Gasteiger partial charge in [-0.05, 0) is 30.2 Å². The van der Waals surface area contributed by atoms with Crippen LogP contribution >= 0.6 is 0 Å². The summed E-state index contributed by atoms with van der Waals surface area (Å²) in [5.41, 5.74) is 2.09. The molecule has 0 radical (unpaired) electrons. The summed E-state index contributed by atoms with van der Waals surface area (Å²) in [6.45, 7) is 2.28. The van der Waals surface area contributed by atoms with Crippen LogP contribution in [0.1, 0.15) is 121 Å². The van der Waals surface area contributed by atoms with Crippen molar-refractivity contribution < 1.29 is 14.3 Å². The van der Waals surface area contributed by atoms with Crippen molar-refractivity contribution >= 4 is 35.5 Å². The van der Waals surface area contributed by atoms with E-state index in [9.17, 15) is 4.79 Å². The zero-order valence-corrected chi connectivity index (χ0v) is 21.3. The molecule has 0 bridgehead atoms. The van der Waals surface area contributed by atoms with E-state index in [1.165, 1.54) is 83.5 Å². The molecule has 0 saturated heterocycles. The Morgan fingerprint density at radius 2 is 1.26 bits per heavy atom. The van der Waals surface area contributed by atoms with Crippen molar-refractivity contribution in [3.8, 4) is 17.2 Å². The molecule has 0 amide bonds. The third-order valence-electron chi connectivity index (χ3n) is 6.86. The maximum absolute atomic E-state index is 12.4. The average Bonchev–Trinajstić information content (AvgIpc) is 2.85. The van der Waals surface area contributed by atoms with Gasteiger partial charge < -0.3 is 9.47 Å². The van der Waals surface area contributed by atoms with Crippen LogP contribution in [-0.4, -0.2) is 35.5 Å². The molecule has 188 valence electrons. The van der Waals surface area contributed by atoms with E-state index in [0.717, 1.165) is 41.9 Å². The molecule has 1 aliphatic rings. The van der Waals surface area contributed by atoms with Crippen LogP contribution in [0.3, 0.4) is 0 Å². The number of esters is 1. The molecule has 0 unspecified atom stereocenters. The van der Waals surface area contributed by atoms with Gasteiger partial charge in [0.05, 0.1) is 0 Å². The Labute approximate surface area is 235 Å². The molecule has 3 rings (SSSR count). The number of rotatable bonds is 17. The summed E-state index contributed by atoms with van der Waals surface area (Å²) in [5, 5.41) is 0. The van der Waals surface area contributed by atoms with E-state index in [0.29, 0.717) is 12.2 Å². The first kappa shape index (κ1) is 29.9. The number of benzene rings is 2. The van der Waals surface area contributed by atoms with Gasteiger partial charge in [0.15, 0.2) is 0 Å². The summed E-state index contributed by atoms with van der Waals surface area (Å²) in [5.74, 6) is 2.17. The van der Waals surface area contributed by atoms with Gasteiger partial charge in [-0.3, -0.25) is 4.79 Å². The van der Waals surface area contributed by atoms with Crippen molar-refractivity contribution in [2.45, 2.75) is 116 Å². The second kappa shape index (κ2) is 18.0. The van der Waals surface area contributed by atoms with Crippen LogP contribution in [-0.2, 0) is 11.2 Å². The van der Waals surface area contributed by atoms with Gasteiger partial charge in [-0.25, -0.2) is 0 Å². The summed E-state index contributed by atoms with van der Waals surface area (Å²) in [7, 11) is 0. The van der Waals surface area contributed by atoms with E-state index >= 15 is 0 Å². The van der Waals surface area contributed by atoms with Crippen molar-refractivity contribution in [1.29, 1.82) is 0 Å². The SMILES string of the molecule is CCCCCCCCCCCCCCCCCC(=O)Oc1cccc2c1Cc1ccccc1O2.[NaH]. The van der Waals surface area contributed by atoms with Gasteiger partial charge in [0, 0.05) is 18.4 Å². The number of para-hydroxylation sites is 1. The predicted molar refractivity (Wildman–Crippen MR) is 148 cm³/mol. The van der Waals surface area contributed by atoms with Crippen molar-refractivity contribution in [2.75, 3.05) is 0 Å². The Kier molecular flexibility index (Phi) is 15.4. The second-order valence-electron chi connectivity index (χ2n) is 9.79. The standard InChI is InChI=1S/C31H44O3.Na.H/c1-2-3-4-5-6-7-8-9-10-11-12-13-14-15-16-24-31(32)34-30-23-19-22-29-27(30)25-26-20-17-18-21-28(26)33-29;;/h17-23H,2-16,24-25H2,1H3;;. The summed E-state index contributed by atoms with van der Waals surface area (Å²) < 4.78 is 11.7. The Morgan fingerprint density at radius 3 is 1.89 bits per heavy atom. The maximum atomic E-state index is 12.4. The summed E-state index contributed by atoms with van der Waals surface area (Å²) in [4.78, 5) is 12.4. The topological polar surface area (TPSA) is 35.5 Å². The molecule has 0 atom stereocenters. The first-order valence-electron chi connectivity index (χ1n) is 13.9. The molecule has 0 aliphatic carbocycles. The zero-order chi connectivity index (χ0) is 23.8. The first-order valence-corrected chi connectivity index (χ1v) is 13.9. The number of carbonyl (C=O) groups excluding carboxylic acids is 1. The van der Waals surface area contributed by atoms with Crippen LogP contribution in [0, 0.1) is 0 Å². The predicted octanol–water partition coefficient (Wildman–Crippen LogP) is 8.90.